The Labute approximate surface area is 182 Å². The van der Waals surface area contributed by atoms with Gasteiger partial charge in [0.15, 0.2) is 5.16 Å². The average Bonchev–Trinajstić information content (AvgIpc) is 3.32. The third-order valence-corrected chi connectivity index (χ3v) is 5.18. The predicted octanol–water partition coefficient (Wildman–Crippen LogP) is 3.89. The van der Waals surface area contributed by atoms with Crippen LogP contribution in [-0.4, -0.2) is 27.4 Å². The number of aromatic nitrogens is 2. The number of carbonyl (C=O) groups is 1. The van der Waals surface area contributed by atoms with Crippen molar-refractivity contribution in [3.63, 3.8) is 0 Å². The standard InChI is InChI=1S/C23H18N4O3S/c28-21(26-24-14-6-10-18-11-7-15-30-18)16-31-23-25-20-13-5-4-12-19(20)22(29)27(23)17-8-2-1-3-9-17/h1-15H,16H2,(H,26,28)/b10-6+,24-14-. The number of carbonyl (C=O) groups excluding carboxylic acids is 1. The number of fused-ring (bicyclic) bond motifs is 1. The number of furan rings is 1. The molecular weight excluding hydrogens is 412 g/mol. The van der Waals surface area contributed by atoms with Crippen molar-refractivity contribution >= 4 is 40.9 Å². The molecule has 0 aliphatic heterocycles. The number of thioether (sulfide) groups is 1. The summed E-state index contributed by atoms with van der Waals surface area (Å²) < 4.78 is 6.69. The molecule has 0 spiro atoms. The molecule has 0 aliphatic carbocycles. The molecule has 4 rings (SSSR count). The van der Waals surface area contributed by atoms with Gasteiger partial charge in [0.05, 0.1) is 28.6 Å². The van der Waals surface area contributed by atoms with E-state index in [1.807, 2.05) is 42.5 Å². The van der Waals surface area contributed by atoms with Gasteiger partial charge in [-0.1, -0.05) is 42.1 Å². The van der Waals surface area contributed by atoms with Crippen LogP contribution in [0.2, 0.25) is 0 Å². The lowest BCUT2D eigenvalue weighted by Crippen LogP contribution is -2.24. The summed E-state index contributed by atoms with van der Waals surface area (Å²) in [7, 11) is 0. The first kappa shape index (κ1) is 20.4. The van der Waals surface area contributed by atoms with Gasteiger partial charge in [-0.15, -0.1) is 0 Å². The number of nitrogens with zero attached hydrogens (tertiary/aromatic N) is 3. The molecule has 0 fully saturated rings. The summed E-state index contributed by atoms with van der Waals surface area (Å²) in [6.45, 7) is 0. The molecule has 2 aromatic heterocycles. The molecule has 0 atom stereocenters. The van der Waals surface area contributed by atoms with Crippen LogP contribution < -0.4 is 11.0 Å². The summed E-state index contributed by atoms with van der Waals surface area (Å²) in [6, 6.07) is 20.0. The zero-order valence-electron chi connectivity index (χ0n) is 16.3. The second kappa shape index (κ2) is 9.73. The van der Waals surface area contributed by atoms with E-state index in [-0.39, 0.29) is 17.2 Å². The van der Waals surface area contributed by atoms with Crippen LogP contribution in [0.15, 0.2) is 98.5 Å². The molecular formula is C23H18N4O3S. The average molecular weight is 430 g/mol. The highest BCUT2D eigenvalue weighted by atomic mass is 32.2. The molecule has 31 heavy (non-hydrogen) atoms. The lowest BCUT2D eigenvalue weighted by Gasteiger charge is -2.12. The van der Waals surface area contributed by atoms with Gasteiger partial charge in [-0.2, -0.15) is 5.10 Å². The fraction of sp³-hybridized carbons (Fsp3) is 0.0435. The predicted molar refractivity (Wildman–Crippen MR) is 122 cm³/mol. The number of nitrogens with one attached hydrogen (secondary N) is 1. The Hall–Kier alpha value is -3.91. The first-order valence-corrected chi connectivity index (χ1v) is 10.4. The highest BCUT2D eigenvalue weighted by molar-refractivity contribution is 7.99. The van der Waals surface area contributed by atoms with E-state index in [4.69, 9.17) is 4.42 Å². The Balaban J connectivity index is 1.50. The van der Waals surface area contributed by atoms with Crippen LogP contribution in [-0.2, 0) is 4.79 Å². The van der Waals surface area contributed by atoms with Gasteiger partial charge < -0.3 is 4.42 Å². The van der Waals surface area contributed by atoms with E-state index in [1.54, 1.807) is 42.7 Å². The maximum atomic E-state index is 13.1. The molecule has 0 aliphatic rings. The minimum Gasteiger partial charge on any atom is -0.465 e. The van der Waals surface area contributed by atoms with E-state index < -0.39 is 0 Å². The zero-order valence-corrected chi connectivity index (χ0v) is 17.2. The van der Waals surface area contributed by atoms with Gasteiger partial charge in [-0.25, -0.2) is 10.4 Å². The Bertz CT molecular complexity index is 1300. The van der Waals surface area contributed by atoms with Crippen molar-refractivity contribution in [1.29, 1.82) is 0 Å². The van der Waals surface area contributed by atoms with Crippen LogP contribution in [0.4, 0.5) is 0 Å². The Morgan fingerprint density at radius 2 is 1.90 bits per heavy atom. The molecule has 0 bridgehead atoms. The van der Waals surface area contributed by atoms with Crippen molar-refractivity contribution in [2.24, 2.45) is 5.10 Å². The number of para-hydroxylation sites is 2. The number of allylic oxidation sites excluding steroid dienone is 1. The first-order valence-electron chi connectivity index (χ1n) is 9.44. The molecule has 154 valence electrons. The quantitative estimate of drug-likeness (QED) is 0.208. The van der Waals surface area contributed by atoms with Crippen LogP contribution in [0.3, 0.4) is 0 Å². The summed E-state index contributed by atoms with van der Waals surface area (Å²) in [5.74, 6) is 0.431. The highest BCUT2D eigenvalue weighted by Crippen LogP contribution is 2.21. The third kappa shape index (κ3) is 4.99. The molecule has 0 saturated heterocycles. The second-order valence-electron chi connectivity index (χ2n) is 6.36. The fourth-order valence-electron chi connectivity index (χ4n) is 2.85. The van der Waals surface area contributed by atoms with E-state index in [1.165, 1.54) is 22.5 Å². The van der Waals surface area contributed by atoms with Crippen molar-refractivity contribution in [1.82, 2.24) is 15.0 Å². The number of benzene rings is 2. The zero-order chi connectivity index (χ0) is 21.5. The molecule has 8 heteroatoms. The fourth-order valence-corrected chi connectivity index (χ4v) is 3.66. The van der Waals surface area contributed by atoms with Crippen molar-refractivity contribution in [3.05, 3.63) is 95.2 Å². The maximum Gasteiger partial charge on any atom is 0.266 e. The third-order valence-electron chi connectivity index (χ3n) is 4.25. The number of rotatable bonds is 7. The van der Waals surface area contributed by atoms with E-state index >= 15 is 0 Å². The van der Waals surface area contributed by atoms with E-state index in [0.717, 1.165) is 0 Å². The number of amides is 1. The van der Waals surface area contributed by atoms with Crippen molar-refractivity contribution < 1.29 is 9.21 Å². The lowest BCUT2D eigenvalue weighted by atomic mass is 10.2. The normalized spacial score (nSPS) is 11.5. The van der Waals surface area contributed by atoms with Gasteiger partial charge in [0, 0.05) is 6.21 Å². The van der Waals surface area contributed by atoms with Gasteiger partial charge in [-0.05, 0) is 48.6 Å². The number of hydrogen-bond donors (Lipinski definition) is 1. The molecule has 0 unspecified atom stereocenters. The number of hydrazone groups is 1. The Morgan fingerprint density at radius 3 is 2.71 bits per heavy atom. The molecule has 0 radical (unpaired) electrons. The van der Waals surface area contributed by atoms with Gasteiger partial charge in [-0.3, -0.25) is 14.2 Å². The van der Waals surface area contributed by atoms with Gasteiger partial charge in [0.25, 0.3) is 11.5 Å². The van der Waals surface area contributed by atoms with Crippen LogP contribution in [0.5, 0.6) is 0 Å². The van der Waals surface area contributed by atoms with E-state index in [9.17, 15) is 9.59 Å². The maximum absolute atomic E-state index is 13.1. The SMILES string of the molecule is O=C(CSc1nc2ccccc2c(=O)n1-c1ccccc1)N/N=C\C=C\c1ccco1. The largest absolute Gasteiger partial charge is 0.465 e. The molecule has 1 amide bonds. The summed E-state index contributed by atoms with van der Waals surface area (Å²) >= 11 is 1.17. The summed E-state index contributed by atoms with van der Waals surface area (Å²) in [5.41, 5.74) is 3.55. The minimum absolute atomic E-state index is 0.0524. The summed E-state index contributed by atoms with van der Waals surface area (Å²) in [6.07, 6.45) is 6.41. The monoisotopic (exact) mass is 430 g/mol. The summed E-state index contributed by atoms with van der Waals surface area (Å²) in [4.78, 5) is 29.9. The number of hydrogen-bond acceptors (Lipinski definition) is 6. The van der Waals surface area contributed by atoms with Gasteiger partial charge >= 0.3 is 0 Å². The Kier molecular flexibility index (Phi) is 6.39. The van der Waals surface area contributed by atoms with Crippen LogP contribution in [0, 0.1) is 0 Å². The van der Waals surface area contributed by atoms with Crippen molar-refractivity contribution in [2.75, 3.05) is 5.75 Å². The molecule has 2 heterocycles. The second-order valence-corrected chi connectivity index (χ2v) is 7.31. The highest BCUT2D eigenvalue weighted by Gasteiger charge is 2.14. The smallest absolute Gasteiger partial charge is 0.266 e. The molecule has 0 saturated carbocycles. The molecule has 1 N–H and O–H groups in total. The van der Waals surface area contributed by atoms with E-state index in [0.29, 0.717) is 27.5 Å². The van der Waals surface area contributed by atoms with Crippen molar-refractivity contribution in [3.8, 4) is 5.69 Å². The van der Waals surface area contributed by atoms with Crippen molar-refractivity contribution in [2.45, 2.75) is 5.16 Å². The van der Waals surface area contributed by atoms with Crippen LogP contribution in [0.25, 0.3) is 22.7 Å². The topological polar surface area (TPSA) is 89.5 Å². The van der Waals surface area contributed by atoms with E-state index in [2.05, 4.69) is 15.5 Å². The van der Waals surface area contributed by atoms with Gasteiger partial charge in [0.2, 0.25) is 0 Å². The molecule has 4 aromatic rings. The minimum atomic E-state index is -0.310. The van der Waals surface area contributed by atoms with Gasteiger partial charge in [0.1, 0.15) is 5.76 Å². The van der Waals surface area contributed by atoms with Crippen LogP contribution >= 0.6 is 11.8 Å². The lowest BCUT2D eigenvalue weighted by molar-refractivity contribution is -0.118. The summed E-state index contributed by atoms with van der Waals surface area (Å²) in [5, 5.41) is 4.83. The molecule has 7 nitrogen and oxygen atoms in total. The molecule has 2 aromatic carbocycles. The first-order chi connectivity index (χ1) is 15.2. The van der Waals surface area contributed by atoms with Crippen LogP contribution in [0.1, 0.15) is 5.76 Å². The Morgan fingerprint density at radius 1 is 1.10 bits per heavy atom.